The first-order valence-electron chi connectivity index (χ1n) is 11.1. The minimum atomic E-state index is -4.52. The Hall–Kier alpha value is -4.16. The zero-order chi connectivity index (χ0) is 26.6. The summed E-state index contributed by atoms with van der Waals surface area (Å²) in [6.45, 7) is 0. The van der Waals surface area contributed by atoms with Crippen molar-refractivity contribution in [3.05, 3.63) is 98.4 Å². The number of methoxy groups -OCH3 is 1. The molecule has 0 radical (unpaired) electrons. The normalized spacial score (nSPS) is 15.4. The molecule has 0 saturated carbocycles. The van der Waals surface area contributed by atoms with Crippen molar-refractivity contribution < 1.29 is 27.1 Å². The van der Waals surface area contributed by atoms with Crippen LogP contribution in [-0.4, -0.2) is 21.6 Å². The zero-order valence-corrected chi connectivity index (χ0v) is 21.6. The number of hydrogen-bond donors (Lipinski definition) is 0. The summed E-state index contributed by atoms with van der Waals surface area (Å²) in [5.74, 6) is 1.11. The molecule has 2 aromatic carbocycles. The molecule has 1 unspecified atom stereocenters. The Morgan fingerprint density at radius 1 is 1.11 bits per heavy atom. The molecule has 12 heteroatoms. The SMILES string of the molecule is COc1ccc2c(c1)I(#N)C(c1nc(-n3ccc4cccnc4c3=O)c(-c3ccc(C(F)(F)F)cc3)o1)O2. The molecule has 1 aliphatic rings. The van der Waals surface area contributed by atoms with Gasteiger partial charge in [-0.3, -0.25) is 14.3 Å². The standard InChI is InChI=1S/C26H16F3IN4O4/c1-36-17-8-9-19-18(13-17)30(31)22(37-19)24-33-23(34-12-10-14-3-2-11-32-20(14)25(34)35)21(38-24)15-4-6-16(7-5-15)26(27,28)29/h2-13,22H,1H3. The van der Waals surface area contributed by atoms with Gasteiger partial charge < -0.3 is 13.9 Å². The fraction of sp³-hybridized carbons (Fsp3) is 0.115. The van der Waals surface area contributed by atoms with Crippen LogP contribution in [0.3, 0.4) is 0 Å². The van der Waals surface area contributed by atoms with Crippen molar-refractivity contribution in [1.29, 1.82) is 3.37 Å². The summed E-state index contributed by atoms with van der Waals surface area (Å²) < 4.78 is 68.8. The van der Waals surface area contributed by atoms with Gasteiger partial charge in [0, 0.05) is 23.3 Å². The van der Waals surface area contributed by atoms with Crippen LogP contribution < -0.4 is 15.0 Å². The average molecular weight is 632 g/mol. The van der Waals surface area contributed by atoms with Gasteiger partial charge in [-0.15, -0.1) is 0 Å². The maximum atomic E-state index is 13.3. The van der Waals surface area contributed by atoms with E-state index in [1.54, 1.807) is 36.4 Å². The lowest BCUT2D eigenvalue weighted by Crippen LogP contribution is -2.19. The third-order valence-electron chi connectivity index (χ3n) is 5.95. The molecular formula is C26H16F3IN4O4. The second-order valence-corrected chi connectivity index (χ2v) is 12.2. The van der Waals surface area contributed by atoms with Crippen LogP contribution in [-0.2, 0) is 6.18 Å². The number of benzene rings is 2. The number of pyridine rings is 2. The molecule has 1 aliphatic heterocycles. The van der Waals surface area contributed by atoms with Crippen LogP contribution in [0.25, 0.3) is 28.0 Å². The topological polar surface area (TPSA) is 103 Å². The Balaban J connectivity index is 1.51. The van der Waals surface area contributed by atoms with Crippen LogP contribution in [0.4, 0.5) is 13.2 Å². The average Bonchev–Trinajstić information content (AvgIpc) is 3.50. The molecule has 3 aromatic heterocycles. The summed E-state index contributed by atoms with van der Waals surface area (Å²) in [6, 6.07) is 14.5. The zero-order valence-electron chi connectivity index (χ0n) is 19.4. The quantitative estimate of drug-likeness (QED) is 0.169. The van der Waals surface area contributed by atoms with Crippen molar-refractivity contribution in [3.8, 4) is 28.6 Å². The third kappa shape index (κ3) is 4.02. The van der Waals surface area contributed by atoms with Crippen LogP contribution in [0.5, 0.6) is 11.5 Å². The van der Waals surface area contributed by atoms with Gasteiger partial charge in [0.1, 0.15) is 36.5 Å². The summed E-state index contributed by atoms with van der Waals surface area (Å²) in [7, 11) is 1.51. The summed E-state index contributed by atoms with van der Waals surface area (Å²) >= 11 is -3.03. The van der Waals surface area contributed by atoms with Crippen molar-refractivity contribution in [2.45, 2.75) is 10.3 Å². The second-order valence-electron chi connectivity index (χ2n) is 8.23. The molecule has 38 heavy (non-hydrogen) atoms. The molecule has 0 amide bonds. The van der Waals surface area contributed by atoms with Gasteiger partial charge in [0.05, 0.1) is 16.2 Å². The van der Waals surface area contributed by atoms with Crippen LogP contribution in [0, 0.1) is 6.94 Å². The lowest BCUT2D eigenvalue weighted by atomic mass is 10.1. The molecular weight excluding hydrogens is 616 g/mol. The molecule has 0 fully saturated rings. The minimum absolute atomic E-state index is 0.00535. The van der Waals surface area contributed by atoms with Crippen molar-refractivity contribution in [3.63, 3.8) is 0 Å². The highest BCUT2D eigenvalue weighted by Gasteiger charge is 2.37. The van der Waals surface area contributed by atoms with E-state index in [9.17, 15) is 21.3 Å². The van der Waals surface area contributed by atoms with E-state index in [4.69, 9.17) is 13.9 Å². The van der Waals surface area contributed by atoms with Gasteiger partial charge in [0.15, 0.2) is 11.6 Å². The van der Waals surface area contributed by atoms with E-state index in [0.717, 1.165) is 12.1 Å². The van der Waals surface area contributed by atoms with Gasteiger partial charge in [-0.1, -0.05) is 18.2 Å². The summed E-state index contributed by atoms with van der Waals surface area (Å²) in [6.07, 6.45) is -1.54. The van der Waals surface area contributed by atoms with E-state index in [0.29, 0.717) is 20.5 Å². The van der Waals surface area contributed by atoms with Crippen LogP contribution in [0.2, 0.25) is 0 Å². The largest absolute Gasteiger partial charge is 0.497 e. The van der Waals surface area contributed by atoms with E-state index in [-0.39, 0.29) is 28.5 Å². The molecule has 192 valence electrons. The summed E-state index contributed by atoms with van der Waals surface area (Å²) in [5.41, 5.74) is -0.877. The molecule has 4 heterocycles. The smallest absolute Gasteiger partial charge is 0.416 e. The number of hydrogen-bond acceptors (Lipinski definition) is 7. The first-order valence-corrected chi connectivity index (χ1v) is 14.4. The molecule has 5 aromatic rings. The number of alkyl halides is 4. The van der Waals surface area contributed by atoms with Crippen molar-refractivity contribution >= 4 is 30.4 Å². The molecule has 0 spiro atoms. The highest BCUT2D eigenvalue weighted by molar-refractivity contribution is 14.2. The van der Waals surface area contributed by atoms with Gasteiger partial charge >= 0.3 is 6.18 Å². The highest BCUT2D eigenvalue weighted by Crippen LogP contribution is 2.55. The first-order chi connectivity index (χ1) is 18.2. The molecule has 0 N–H and O–H groups in total. The maximum absolute atomic E-state index is 13.3. The fourth-order valence-electron chi connectivity index (χ4n) is 4.08. The predicted molar refractivity (Wildman–Crippen MR) is 139 cm³/mol. The van der Waals surface area contributed by atoms with Crippen molar-refractivity contribution in [1.82, 2.24) is 14.5 Å². The monoisotopic (exact) mass is 632 g/mol. The summed E-state index contributed by atoms with van der Waals surface area (Å²) in [4.78, 5) is 22.0. The van der Waals surface area contributed by atoms with Crippen LogP contribution >= 0.6 is 19.5 Å². The Kier molecular flexibility index (Phi) is 5.73. The lowest BCUT2D eigenvalue weighted by Gasteiger charge is -2.08. The Labute approximate surface area is 219 Å². The fourth-order valence-corrected chi connectivity index (χ4v) is 7.45. The number of rotatable bonds is 4. The highest BCUT2D eigenvalue weighted by atomic mass is 127. The van der Waals surface area contributed by atoms with Gasteiger partial charge in [0.2, 0.25) is 4.11 Å². The van der Waals surface area contributed by atoms with E-state index in [1.165, 1.54) is 36.2 Å². The van der Waals surface area contributed by atoms with Gasteiger partial charge in [-0.25, -0.2) is 3.37 Å². The van der Waals surface area contributed by atoms with E-state index in [2.05, 4.69) is 9.97 Å². The van der Waals surface area contributed by atoms with Crippen LogP contribution in [0.15, 0.2) is 82.3 Å². The van der Waals surface area contributed by atoms with E-state index < -0.39 is 40.9 Å². The number of oxazole rings is 1. The predicted octanol–water partition coefficient (Wildman–Crippen LogP) is 6.31. The Bertz CT molecular complexity index is 1840. The molecule has 0 saturated heterocycles. The molecule has 0 aliphatic carbocycles. The lowest BCUT2D eigenvalue weighted by molar-refractivity contribution is -0.137. The summed E-state index contributed by atoms with van der Waals surface area (Å²) in [5, 5.41) is 0.612. The van der Waals surface area contributed by atoms with Gasteiger partial charge in [0.25, 0.3) is 11.4 Å². The Morgan fingerprint density at radius 2 is 1.89 bits per heavy atom. The van der Waals surface area contributed by atoms with Crippen LogP contribution in [0.1, 0.15) is 15.6 Å². The van der Waals surface area contributed by atoms with Gasteiger partial charge in [-0.2, -0.15) is 18.2 Å². The number of ether oxygens (including phenoxy) is 2. The number of nitrogens with zero attached hydrogens (tertiary/aromatic N) is 4. The second kappa shape index (κ2) is 8.99. The molecule has 1 atom stereocenters. The number of fused-ring (bicyclic) bond motifs is 2. The van der Waals surface area contributed by atoms with Gasteiger partial charge in [-0.05, 0) is 42.5 Å². The van der Waals surface area contributed by atoms with E-state index in [1.807, 2.05) is 0 Å². The first kappa shape index (κ1) is 24.2. The molecule has 0 bridgehead atoms. The molecule has 6 rings (SSSR count). The maximum Gasteiger partial charge on any atom is 0.416 e. The third-order valence-corrected chi connectivity index (χ3v) is 9.84. The van der Waals surface area contributed by atoms with Crippen molar-refractivity contribution in [2.75, 3.05) is 7.11 Å². The molecule has 8 nitrogen and oxygen atoms in total. The Morgan fingerprint density at radius 3 is 2.63 bits per heavy atom. The number of halogens is 4. The minimum Gasteiger partial charge on any atom is -0.497 e. The number of aromatic nitrogens is 3. The van der Waals surface area contributed by atoms with Crippen molar-refractivity contribution in [2.24, 2.45) is 0 Å². The van der Waals surface area contributed by atoms with E-state index >= 15 is 0 Å².